The van der Waals surface area contributed by atoms with E-state index in [1.165, 1.54) is 12.8 Å². The first-order chi connectivity index (χ1) is 19.1. The molecule has 2 aromatic carbocycles. The Balaban J connectivity index is 1.20. The van der Waals surface area contributed by atoms with Crippen LogP contribution in [-0.4, -0.2) is 77.6 Å². The zero-order valence-electron chi connectivity index (χ0n) is 21.6. The Labute approximate surface area is 225 Å². The van der Waals surface area contributed by atoms with Crippen LogP contribution in [0.2, 0.25) is 0 Å². The van der Waals surface area contributed by atoms with E-state index in [9.17, 15) is 14.4 Å². The van der Waals surface area contributed by atoms with Crippen molar-refractivity contribution in [1.82, 2.24) is 25.4 Å². The fourth-order valence-corrected chi connectivity index (χ4v) is 6.46. The number of carbonyl (C=O) groups excluding carboxylic acids is 3. The number of likely N-dealkylation sites (tertiary alicyclic amines) is 1. The van der Waals surface area contributed by atoms with E-state index in [4.69, 9.17) is 9.47 Å². The Morgan fingerprint density at radius 1 is 1.05 bits per heavy atom. The summed E-state index contributed by atoms with van der Waals surface area (Å²) >= 11 is 0. The van der Waals surface area contributed by atoms with Gasteiger partial charge in [-0.25, -0.2) is 0 Å². The number of H-pyrrole nitrogens is 1. The monoisotopic (exact) mass is 529 g/mol. The maximum Gasteiger partial charge on any atom is 0.247 e. The summed E-state index contributed by atoms with van der Waals surface area (Å²) in [7, 11) is 0. The number of rotatable bonds is 6. The van der Waals surface area contributed by atoms with Crippen molar-refractivity contribution in [3.05, 3.63) is 59.3 Å². The smallest absolute Gasteiger partial charge is 0.247 e. The van der Waals surface area contributed by atoms with E-state index in [0.717, 1.165) is 47.4 Å². The van der Waals surface area contributed by atoms with Gasteiger partial charge in [0.25, 0.3) is 0 Å². The first-order valence-corrected chi connectivity index (χ1v) is 13.7. The quantitative estimate of drug-likeness (QED) is 0.449. The van der Waals surface area contributed by atoms with Gasteiger partial charge in [-0.15, -0.1) is 0 Å². The first-order valence-electron chi connectivity index (χ1n) is 13.7. The van der Waals surface area contributed by atoms with Crippen LogP contribution in [0.4, 0.5) is 0 Å². The molecule has 1 aromatic heterocycles. The van der Waals surface area contributed by atoms with Gasteiger partial charge in [-0.3, -0.25) is 14.4 Å². The van der Waals surface area contributed by atoms with E-state index in [1.807, 2.05) is 42.5 Å². The number of aromatic nitrogens is 1. The average molecular weight is 530 g/mol. The Morgan fingerprint density at radius 2 is 1.87 bits per heavy atom. The van der Waals surface area contributed by atoms with Gasteiger partial charge < -0.3 is 34.9 Å². The van der Waals surface area contributed by atoms with Crippen molar-refractivity contribution in [3.8, 4) is 11.5 Å². The van der Waals surface area contributed by atoms with Crippen molar-refractivity contribution in [2.24, 2.45) is 0 Å². The minimum atomic E-state index is -0.928. The highest BCUT2D eigenvalue weighted by atomic mass is 16.7. The maximum atomic E-state index is 14.0. The van der Waals surface area contributed by atoms with Gasteiger partial charge in [0.2, 0.25) is 24.5 Å². The van der Waals surface area contributed by atoms with Gasteiger partial charge in [-0.1, -0.05) is 24.3 Å². The Morgan fingerprint density at radius 3 is 2.74 bits per heavy atom. The molecule has 4 aliphatic rings. The fourth-order valence-electron chi connectivity index (χ4n) is 6.46. The van der Waals surface area contributed by atoms with Crippen LogP contribution < -0.4 is 20.1 Å². The zero-order valence-corrected chi connectivity index (χ0v) is 21.6. The molecule has 2 saturated heterocycles. The van der Waals surface area contributed by atoms with E-state index >= 15 is 0 Å². The Bertz CT molecular complexity index is 1460. The number of amides is 3. The predicted octanol–water partition coefficient (Wildman–Crippen LogP) is 1.84. The van der Waals surface area contributed by atoms with Crippen molar-refractivity contribution >= 4 is 28.6 Å². The van der Waals surface area contributed by atoms with Crippen LogP contribution in [0.1, 0.15) is 42.1 Å². The predicted molar refractivity (Wildman–Crippen MR) is 142 cm³/mol. The van der Waals surface area contributed by atoms with Gasteiger partial charge in [-0.2, -0.15) is 0 Å². The average Bonchev–Trinajstić information content (AvgIpc) is 3.70. The normalized spacial score (nSPS) is 24.0. The number of nitrogens with one attached hydrogen (secondary N) is 3. The molecule has 5 heterocycles. The summed E-state index contributed by atoms with van der Waals surface area (Å²) in [5, 5.41) is 6.83. The number of piperazine rings is 1. The molecule has 0 unspecified atom stereocenters. The number of aromatic amines is 1. The van der Waals surface area contributed by atoms with E-state index < -0.39 is 18.1 Å². The van der Waals surface area contributed by atoms with Gasteiger partial charge >= 0.3 is 0 Å². The molecular weight excluding hydrogens is 498 g/mol. The topological polar surface area (TPSA) is 116 Å². The minimum Gasteiger partial charge on any atom is -0.454 e. The van der Waals surface area contributed by atoms with Crippen molar-refractivity contribution < 1.29 is 23.9 Å². The number of fused-ring (bicyclic) bond motifs is 5. The molecule has 10 nitrogen and oxygen atoms in total. The molecule has 10 heteroatoms. The lowest BCUT2D eigenvalue weighted by Gasteiger charge is -2.46. The number of hydrogen-bond donors (Lipinski definition) is 3. The maximum absolute atomic E-state index is 14.0. The molecule has 39 heavy (non-hydrogen) atoms. The molecule has 0 spiro atoms. The van der Waals surface area contributed by atoms with Crippen LogP contribution in [0.5, 0.6) is 11.5 Å². The van der Waals surface area contributed by atoms with Crippen LogP contribution >= 0.6 is 0 Å². The highest BCUT2D eigenvalue weighted by molar-refractivity contribution is 6.01. The highest BCUT2D eigenvalue weighted by Crippen LogP contribution is 2.44. The van der Waals surface area contributed by atoms with Crippen LogP contribution in [0.25, 0.3) is 10.9 Å². The van der Waals surface area contributed by atoms with Gasteiger partial charge in [0.15, 0.2) is 11.5 Å². The number of ether oxygens (including phenoxy) is 2. The summed E-state index contributed by atoms with van der Waals surface area (Å²) < 4.78 is 11.1. The summed E-state index contributed by atoms with van der Waals surface area (Å²) in [6.07, 6.45) is 2.68. The number of carbonyl (C=O) groups is 3. The molecule has 7 rings (SSSR count). The van der Waals surface area contributed by atoms with Crippen LogP contribution in [0, 0.1) is 0 Å². The standard InChI is InChI=1S/C29H31N5O5/c35-25(30-9-12-33-10-3-4-11-33)15-21-29(37)34-22(28(36)32-21)14-19-18-5-1-2-6-20(18)31-26(19)27(34)17-7-8-23-24(13-17)39-16-38-23/h1-2,5-8,13,21-22,27,31H,3-4,9-12,14-16H2,(H,30,35)(H,32,36)/t21-,22+,27+/m0/s1. The summed E-state index contributed by atoms with van der Waals surface area (Å²) in [5.74, 6) is 0.506. The lowest BCUT2D eigenvalue weighted by atomic mass is 9.85. The van der Waals surface area contributed by atoms with Crippen LogP contribution in [0.3, 0.4) is 0 Å². The first kappa shape index (κ1) is 24.0. The third kappa shape index (κ3) is 4.19. The van der Waals surface area contributed by atoms with Crippen molar-refractivity contribution in [2.45, 2.75) is 43.8 Å². The third-order valence-corrected chi connectivity index (χ3v) is 8.35. The number of hydrogen-bond acceptors (Lipinski definition) is 6. The summed E-state index contributed by atoms with van der Waals surface area (Å²) in [5.41, 5.74) is 3.67. The summed E-state index contributed by atoms with van der Waals surface area (Å²) in [6.45, 7) is 3.57. The van der Waals surface area contributed by atoms with Crippen molar-refractivity contribution in [1.29, 1.82) is 0 Å². The molecule has 3 amide bonds. The van der Waals surface area contributed by atoms with Gasteiger partial charge in [0.05, 0.1) is 12.5 Å². The zero-order chi connectivity index (χ0) is 26.5. The van der Waals surface area contributed by atoms with Crippen LogP contribution in [-0.2, 0) is 20.8 Å². The number of para-hydroxylation sites is 1. The molecule has 202 valence electrons. The largest absolute Gasteiger partial charge is 0.454 e. The second-order valence-corrected chi connectivity index (χ2v) is 10.7. The molecule has 3 aromatic rings. The molecule has 0 saturated carbocycles. The molecule has 4 aliphatic heterocycles. The van der Waals surface area contributed by atoms with Crippen LogP contribution in [0.15, 0.2) is 42.5 Å². The second kappa shape index (κ2) is 9.60. The molecule has 3 N–H and O–H groups in total. The molecular formula is C29H31N5O5. The summed E-state index contributed by atoms with van der Waals surface area (Å²) in [4.78, 5) is 47.8. The fraction of sp³-hybridized carbons (Fsp3) is 0.414. The second-order valence-electron chi connectivity index (χ2n) is 10.7. The van der Waals surface area contributed by atoms with Gasteiger partial charge in [-0.05, 0) is 55.3 Å². The SMILES string of the molecule is O=C(C[C@@H]1NC(=O)[C@H]2Cc3c([nH]c4ccccc34)[C@@H](c3ccc4c(c3)OCO4)N2C1=O)NCCN1CCCC1. The molecule has 3 atom stereocenters. The molecule has 0 aliphatic carbocycles. The molecule has 2 fully saturated rings. The molecule has 0 radical (unpaired) electrons. The van der Waals surface area contributed by atoms with E-state index in [0.29, 0.717) is 24.5 Å². The van der Waals surface area contributed by atoms with Gasteiger partial charge in [0.1, 0.15) is 12.1 Å². The number of nitrogens with zero attached hydrogens (tertiary/aromatic N) is 2. The third-order valence-electron chi connectivity index (χ3n) is 8.35. The summed E-state index contributed by atoms with van der Waals surface area (Å²) in [6, 6.07) is 11.4. The van der Waals surface area contributed by atoms with Crippen molar-refractivity contribution in [2.75, 3.05) is 33.0 Å². The van der Waals surface area contributed by atoms with Gasteiger partial charge in [0, 0.05) is 36.1 Å². The number of benzene rings is 2. The van der Waals surface area contributed by atoms with E-state index in [2.05, 4.69) is 20.5 Å². The Kier molecular flexibility index (Phi) is 5.92. The van der Waals surface area contributed by atoms with E-state index in [1.54, 1.807) is 4.90 Å². The highest BCUT2D eigenvalue weighted by Gasteiger charge is 2.49. The van der Waals surface area contributed by atoms with E-state index in [-0.39, 0.29) is 30.9 Å². The lowest BCUT2D eigenvalue weighted by molar-refractivity contribution is -0.153. The minimum absolute atomic E-state index is 0.0960. The lowest BCUT2D eigenvalue weighted by Crippen LogP contribution is -2.66. The Hall–Kier alpha value is -4.05. The van der Waals surface area contributed by atoms with Crippen molar-refractivity contribution in [3.63, 3.8) is 0 Å². The molecule has 0 bridgehead atoms.